The summed E-state index contributed by atoms with van der Waals surface area (Å²) in [6.07, 6.45) is 3.36. The van der Waals surface area contributed by atoms with Crippen LogP contribution in [0.3, 0.4) is 0 Å². The molecule has 4 heteroatoms. The summed E-state index contributed by atoms with van der Waals surface area (Å²) in [6.45, 7) is 10.4. The number of pyridine rings is 1. The van der Waals surface area contributed by atoms with Crippen LogP contribution < -0.4 is 5.32 Å². The molecule has 0 saturated carbocycles. The van der Waals surface area contributed by atoms with Gasteiger partial charge < -0.3 is 15.3 Å². The first kappa shape index (κ1) is 15.1. The fraction of sp³-hybridized carbons (Fsp3) is 0.643. The number of hydrogen-bond acceptors (Lipinski definition) is 4. The third-order valence-electron chi connectivity index (χ3n) is 3.21. The minimum absolute atomic E-state index is 0.318. The second kappa shape index (κ2) is 8.19. The van der Waals surface area contributed by atoms with E-state index >= 15 is 0 Å². The molecule has 0 amide bonds. The Kier molecular flexibility index (Phi) is 6.86. The molecule has 0 saturated heterocycles. The first-order chi connectivity index (χ1) is 8.67. The number of aliphatic hydroxyl groups excluding tert-OH is 1. The third-order valence-corrected chi connectivity index (χ3v) is 3.21. The summed E-state index contributed by atoms with van der Waals surface area (Å²) in [5.74, 6) is 0. The van der Waals surface area contributed by atoms with Crippen molar-refractivity contribution >= 4 is 0 Å². The zero-order valence-corrected chi connectivity index (χ0v) is 11.7. The van der Waals surface area contributed by atoms with E-state index < -0.39 is 0 Å². The molecule has 4 nitrogen and oxygen atoms in total. The Morgan fingerprint density at radius 2 is 2.11 bits per heavy atom. The fourth-order valence-corrected chi connectivity index (χ4v) is 1.90. The quantitative estimate of drug-likeness (QED) is 0.728. The van der Waals surface area contributed by atoms with E-state index in [1.165, 1.54) is 11.1 Å². The number of rotatable bonds is 8. The average molecular weight is 251 g/mol. The molecule has 0 bridgehead atoms. The Bertz CT molecular complexity index is 340. The molecule has 2 N–H and O–H groups in total. The largest absolute Gasteiger partial charge is 0.390 e. The highest BCUT2D eigenvalue weighted by Gasteiger charge is 2.08. The van der Waals surface area contributed by atoms with Gasteiger partial charge >= 0.3 is 0 Å². The van der Waals surface area contributed by atoms with Crippen LogP contribution in [0.2, 0.25) is 0 Å². The predicted octanol–water partition coefficient (Wildman–Crippen LogP) is 1.18. The Balaban J connectivity index is 2.27. The van der Waals surface area contributed by atoms with Gasteiger partial charge in [-0.25, -0.2) is 0 Å². The van der Waals surface area contributed by atoms with Gasteiger partial charge in [0.1, 0.15) is 0 Å². The Morgan fingerprint density at radius 3 is 2.72 bits per heavy atom. The Morgan fingerprint density at radius 1 is 1.39 bits per heavy atom. The van der Waals surface area contributed by atoms with E-state index in [0.717, 1.165) is 26.2 Å². The van der Waals surface area contributed by atoms with Gasteiger partial charge in [-0.3, -0.25) is 4.98 Å². The SMILES string of the molecule is CCN(CC)CC(O)CNCc1cnccc1C. The van der Waals surface area contributed by atoms with Crippen molar-refractivity contribution in [2.24, 2.45) is 0 Å². The van der Waals surface area contributed by atoms with Gasteiger partial charge in [0.15, 0.2) is 0 Å². The van der Waals surface area contributed by atoms with Gasteiger partial charge in [-0.2, -0.15) is 0 Å². The highest BCUT2D eigenvalue weighted by Crippen LogP contribution is 2.03. The van der Waals surface area contributed by atoms with Crippen molar-refractivity contribution in [2.45, 2.75) is 33.4 Å². The van der Waals surface area contributed by atoms with Crippen molar-refractivity contribution < 1.29 is 5.11 Å². The third kappa shape index (κ3) is 5.12. The summed E-state index contributed by atoms with van der Waals surface area (Å²) >= 11 is 0. The zero-order chi connectivity index (χ0) is 13.4. The molecular formula is C14H25N3O. The van der Waals surface area contributed by atoms with E-state index in [1.54, 1.807) is 6.20 Å². The number of aromatic nitrogens is 1. The van der Waals surface area contributed by atoms with E-state index in [2.05, 4.69) is 36.0 Å². The van der Waals surface area contributed by atoms with Crippen molar-refractivity contribution in [1.82, 2.24) is 15.2 Å². The van der Waals surface area contributed by atoms with Crippen LogP contribution in [0.25, 0.3) is 0 Å². The lowest BCUT2D eigenvalue weighted by molar-refractivity contribution is 0.116. The van der Waals surface area contributed by atoms with E-state index in [9.17, 15) is 5.11 Å². The summed E-state index contributed by atoms with van der Waals surface area (Å²) in [6, 6.07) is 2.00. The number of likely N-dealkylation sites (N-methyl/N-ethyl adjacent to an activating group) is 1. The molecule has 1 aromatic heterocycles. The molecule has 1 atom stereocenters. The van der Waals surface area contributed by atoms with Crippen LogP contribution >= 0.6 is 0 Å². The molecule has 0 aliphatic heterocycles. The van der Waals surface area contributed by atoms with Crippen LogP contribution in [0.4, 0.5) is 0 Å². The number of nitrogens with one attached hydrogen (secondary N) is 1. The lowest BCUT2D eigenvalue weighted by Crippen LogP contribution is -2.38. The molecule has 18 heavy (non-hydrogen) atoms. The second-order valence-electron chi connectivity index (χ2n) is 4.57. The van der Waals surface area contributed by atoms with Gasteiger partial charge in [-0.1, -0.05) is 13.8 Å². The van der Waals surface area contributed by atoms with Crippen molar-refractivity contribution in [2.75, 3.05) is 26.2 Å². The maximum absolute atomic E-state index is 9.91. The van der Waals surface area contributed by atoms with Crippen molar-refractivity contribution in [3.8, 4) is 0 Å². The first-order valence-corrected chi connectivity index (χ1v) is 6.68. The molecule has 0 aliphatic carbocycles. The minimum Gasteiger partial charge on any atom is -0.390 e. The second-order valence-corrected chi connectivity index (χ2v) is 4.57. The lowest BCUT2D eigenvalue weighted by atomic mass is 10.1. The van der Waals surface area contributed by atoms with Gasteiger partial charge in [0.2, 0.25) is 0 Å². The summed E-state index contributed by atoms with van der Waals surface area (Å²) in [4.78, 5) is 6.33. The Labute approximate surface area is 110 Å². The van der Waals surface area contributed by atoms with Gasteiger partial charge in [0.05, 0.1) is 6.10 Å². The molecule has 1 unspecified atom stereocenters. The highest BCUT2D eigenvalue weighted by molar-refractivity contribution is 5.20. The lowest BCUT2D eigenvalue weighted by Gasteiger charge is -2.22. The number of aliphatic hydroxyl groups is 1. The molecular weight excluding hydrogens is 226 g/mol. The van der Waals surface area contributed by atoms with Crippen LogP contribution in [0.15, 0.2) is 18.5 Å². The normalized spacial score (nSPS) is 12.9. The van der Waals surface area contributed by atoms with E-state index in [-0.39, 0.29) is 6.10 Å². The number of aryl methyl sites for hydroxylation is 1. The smallest absolute Gasteiger partial charge is 0.0791 e. The molecule has 0 aliphatic rings. The summed E-state index contributed by atoms with van der Waals surface area (Å²) < 4.78 is 0. The molecule has 1 heterocycles. The van der Waals surface area contributed by atoms with Crippen LogP contribution in [-0.4, -0.2) is 47.3 Å². The van der Waals surface area contributed by atoms with Gasteiger partial charge in [-0.15, -0.1) is 0 Å². The standard InChI is InChI=1S/C14H25N3O/c1-4-17(5-2)11-14(18)10-16-9-13-8-15-7-6-12(13)3/h6-8,14,16,18H,4-5,9-11H2,1-3H3. The van der Waals surface area contributed by atoms with Crippen LogP contribution in [-0.2, 0) is 6.54 Å². The van der Waals surface area contributed by atoms with Gasteiger partial charge in [-0.05, 0) is 37.2 Å². The van der Waals surface area contributed by atoms with E-state index in [0.29, 0.717) is 6.54 Å². The highest BCUT2D eigenvalue weighted by atomic mass is 16.3. The summed E-state index contributed by atoms with van der Waals surface area (Å²) in [7, 11) is 0. The minimum atomic E-state index is -0.318. The monoisotopic (exact) mass is 251 g/mol. The zero-order valence-electron chi connectivity index (χ0n) is 11.7. The fourth-order valence-electron chi connectivity index (χ4n) is 1.90. The molecule has 0 fully saturated rings. The van der Waals surface area contributed by atoms with Crippen LogP contribution in [0.1, 0.15) is 25.0 Å². The molecule has 1 rings (SSSR count). The van der Waals surface area contributed by atoms with Crippen molar-refractivity contribution in [3.63, 3.8) is 0 Å². The average Bonchev–Trinajstić information content (AvgIpc) is 2.38. The van der Waals surface area contributed by atoms with E-state index in [4.69, 9.17) is 0 Å². The summed E-state index contributed by atoms with van der Waals surface area (Å²) in [5, 5.41) is 13.2. The van der Waals surface area contributed by atoms with Gasteiger partial charge in [0.25, 0.3) is 0 Å². The first-order valence-electron chi connectivity index (χ1n) is 6.68. The topological polar surface area (TPSA) is 48.4 Å². The van der Waals surface area contributed by atoms with Gasteiger partial charge in [0, 0.05) is 32.0 Å². The van der Waals surface area contributed by atoms with Crippen molar-refractivity contribution in [3.05, 3.63) is 29.6 Å². The van der Waals surface area contributed by atoms with Crippen LogP contribution in [0.5, 0.6) is 0 Å². The molecule has 0 radical (unpaired) electrons. The van der Waals surface area contributed by atoms with E-state index in [1.807, 2.05) is 12.3 Å². The molecule has 102 valence electrons. The maximum atomic E-state index is 9.91. The predicted molar refractivity (Wildman–Crippen MR) is 74.5 cm³/mol. The molecule has 0 aromatic carbocycles. The maximum Gasteiger partial charge on any atom is 0.0791 e. The summed E-state index contributed by atoms with van der Waals surface area (Å²) in [5.41, 5.74) is 2.42. The Hall–Kier alpha value is -0.970. The number of nitrogens with zero attached hydrogens (tertiary/aromatic N) is 2. The van der Waals surface area contributed by atoms with Crippen LogP contribution in [0, 0.1) is 6.92 Å². The molecule has 1 aromatic rings. The number of hydrogen-bond donors (Lipinski definition) is 2. The molecule has 0 spiro atoms. The van der Waals surface area contributed by atoms with Crippen molar-refractivity contribution in [1.29, 1.82) is 0 Å².